The SMILES string of the molecule is CC(C)c1coc(-c2ccc3c(c2)oc2ccccc23)n1. The first-order chi connectivity index (χ1) is 10.2. The lowest BCUT2D eigenvalue weighted by Gasteiger charge is -1.96. The molecular formula is C18H15NO2. The summed E-state index contributed by atoms with van der Waals surface area (Å²) >= 11 is 0. The number of aromatic nitrogens is 1. The van der Waals surface area contributed by atoms with E-state index in [1.807, 2.05) is 30.3 Å². The average Bonchev–Trinajstić information content (AvgIpc) is 3.11. The molecule has 4 aromatic rings. The molecule has 3 heteroatoms. The molecule has 0 amide bonds. The normalized spacial score (nSPS) is 11.8. The molecule has 0 unspecified atom stereocenters. The molecule has 0 aliphatic rings. The van der Waals surface area contributed by atoms with Crippen molar-refractivity contribution in [1.29, 1.82) is 0 Å². The predicted molar refractivity (Wildman–Crippen MR) is 83.3 cm³/mol. The van der Waals surface area contributed by atoms with E-state index >= 15 is 0 Å². The van der Waals surface area contributed by atoms with Crippen molar-refractivity contribution < 1.29 is 8.83 Å². The van der Waals surface area contributed by atoms with E-state index < -0.39 is 0 Å². The van der Waals surface area contributed by atoms with Crippen molar-refractivity contribution >= 4 is 21.9 Å². The van der Waals surface area contributed by atoms with Gasteiger partial charge in [-0.3, -0.25) is 0 Å². The second-order valence-corrected chi connectivity index (χ2v) is 5.54. The molecule has 3 nitrogen and oxygen atoms in total. The maximum absolute atomic E-state index is 5.90. The van der Waals surface area contributed by atoms with Crippen LogP contribution < -0.4 is 0 Å². The van der Waals surface area contributed by atoms with E-state index in [1.165, 1.54) is 0 Å². The Morgan fingerprint density at radius 2 is 1.76 bits per heavy atom. The van der Waals surface area contributed by atoms with Crippen LogP contribution in [0.1, 0.15) is 25.5 Å². The van der Waals surface area contributed by atoms with Gasteiger partial charge in [0.25, 0.3) is 0 Å². The van der Waals surface area contributed by atoms with Gasteiger partial charge in [0.1, 0.15) is 17.4 Å². The van der Waals surface area contributed by atoms with Crippen molar-refractivity contribution in [2.45, 2.75) is 19.8 Å². The van der Waals surface area contributed by atoms with Crippen LogP contribution in [0.2, 0.25) is 0 Å². The third kappa shape index (κ3) is 1.93. The van der Waals surface area contributed by atoms with Crippen LogP contribution in [0.25, 0.3) is 33.4 Å². The summed E-state index contributed by atoms with van der Waals surface area (Å²) in [6.45, 7) is 4.20. The van der Waals surface area contributed by atoms with E-state index in [0.717, 1.165) is 33.2 Å². The second kappa shape index (κ2) is 4.48. The number of nitrogens with zero attached hydrogens (tertiary/aromatic N) is 1. The molecule has 0 saturated carbocycles. The van der Waals surface area contributed by atoms with Crippen molar-refractivity contribution in [2.75, 3.05) is 0 Å². The Morgan fingerprint density at radius 3 is 2.57 bits per heavy atom. The highest BCUT2D eigenvalue weighted by molar-refractivity contribution is 6.05. The van der Waals surface area contributed by atoms with E-state index in [-0.39, 0.29) is 0 Å². The quantitative estimate of drug-likeness (QED) is 0.495. The third-order valence-corrected chi connectivity index (χ3v) is 3.74. The number of hydrogen-bond acceptors (Lipinski definition) is 3. The summed E-state index contributed by atoms with van der Waals surface area (Å²) in [6.07, 6.45) is 1.73. The van der Waals surface area contributed by atoms with Crippen LogP contribution in [0.15, 0.2) is 57.6 Å². The Bertz CT molecular complexity index is 931. The summed E-state index contributed by atoms with van der Waals surface area (Å²) in [7, 11) is 0. The molecule has 0 radical (unpaired) electrons. The number of fused-ring (bicyclic) bond motifs is 3. The van der Waals surface area contributed by atoms with Crippen molar-refractivity contribution in [3.63, 3.8) is 0 Å². The van der Waals surface area contributed by atoms with Crippen molar-refractivity contribution in [1.82, 2.24) is 4.98 Å². The molecule has 104 valence electrons. The summed E-state index contributed by atoms with van der Waals surface area (Å²) in [4.78, 5) is 4.53. The molecule has 0 bridgehead atoms. The fourth-order valence-electron chi connectivity index (χ4n) is 2.54. The van der Waals surface area contributed by atoms with E-state index in [9.17, 15) is 0 Å². The minimum atomic E-state index is 0.359. The van der Waals surface area contributed by atoms with Gasteiger partial charge >= 0.3 is 0 Å². The lowest BCUT2D eigenvalue weighted by Crippen LogP contribution is -1.86. The molecule has 0 aliphatic carbocycles. The van der Waals surface area contributed by atoms with Crippen LogP contribution in [0.5, 0.6) is 0 Å². The maximum atomic E-state index is 5.90. The summed E-state index contributed by atoms with van der Waals surface area (Å²) in [6, 6.07) is 14.1. The zero-order chi connectivity index (χ0) is 14.4. The summed E-state index contributed by atoms with van der Waals surface area (Å²) in [5.74, 6) is 0.999. The molecule has 0 atom stereocenters. The Labute approximate surface area is 122 Å². The second-order valence-electron chi connectivity index (χ2n) is 5.54. The highest BCUT2D eigenvalue weighted by Gasteiger charge is 2.12. The largest absolute Gasteiger partial charge is 0.456 e. The van der Waals surface area contributed by atoms with E-state index in [0.29, 0.717) is 11.8 Å². The number of benzene rings is 2. The number of furan rings is 1. The molecule has 0 fully saturated rings. The fraction of sp³-hybridized carbons (Fsp3) is 0.167. The van der Waals surface area contributed by atoms with Gasteiger partial charge in [-0.1, -0.05) is 32.0 Å². The minimum absolute atomic E-state index is 0.359. The highest BCUT2D eigenvalue weighted by atomic mass is 16.3. The van der Waals surface area contributed by atoms with Gasteiger partial charge in [0.05, 0.1) is 5.69 Å². The maximum Gasteiger partial charge on any atom is 0.226 e. The first-order valence-electron chi connectivity index (χ1n) is 7.09. The van der Waals surface area contributed by atoms with Gasteiger partial charge in [0, 0.05) is 16.3 Å². The van der Waals surface area contributed by atoms with Crippen LogP contribution >= 0.6 is 0 Å². The van der Waals surface area contributed by atoms with Crippen molar-refractivity contribution in [3.05, 3.63) is 54.4 Å². The van der Waals surface area contributed by atoms with Gasteiger partial charge in [-0.25, -0.2) is 4.98 Å². The van der Waals surface area contributed by atoms with Gasteiger partial charge in [-0.15, -0.1) is 0 Å². The number of para-hydroxylation sites is 1. The first kappa shape index (κ1) is 12.2. The third-order valence-electron chi connectivity index (χ3n) is 3.74. The number of hydrogen-bond donors (Lipinski definition) is 0. The molecule has 0 spiro atoms. The standard InChI is InChI=1S/C18H15NO2/c1-11(2)15-10-20-18(19-15)12-7-8-14-13-5-3-4-6-16(13)21-17(14)9-12/h3-11H,1-2H3. The van der Waals surface area contributed by atoms with Gasteiger partial charge in [-0.05, 0) is 30.2 Å². The summed E-state index contributed by atoms with van der Waals surface area (Å²) < 4.78 is 11.5. The summed E-state index contributed by atoms with van der Waals surface area (Å²) in [5.41, 5.74) is 3.67. The smallest absolute Gasteiger partial charge is 0.226 e. The lowest BCUT2D eigenvalue weighted by atomic mass is 10.1. The van der Waals surface area contributed by atoms with Crippen LogP contribution in [-0.4, -0.2) is 4.98 Å². The Morgan fingerprint density at radius 1 is 0.952 bits per heavy atom. The molecular weight excluding hydrogens is 262 g/mol. The Balaban J connectivity index is 1.88. The van der Waals surface area contributed by atoms with E-state index in [1.54, 1.807) is 6.26 Å². The predicted octanol–water partition coefficient (Wildman–Crippen LogP) is 5.36. The first-order valence-corrected chi connectivity index (χ1v) is 7.09. The molecule has 2 aromatic heterocycles. The minimum Gasteiger partial charge on any atom is -0.456 e. The van der Waals surface area contributed by atoms with Gasteiger partial charge in [0.2, 0.25) is 5.89 Å². The molecule has 4 rings (SSSR count). The highest BCUT2D eigenvalue weighted by Crippen LogP contribution is 2.32. The molecule has 2 aromatic carbocycles. The fourth-order valence-corrected chi connectivity index (χ4v) is 2.54. The zero-order valence-electron chi connectivity index (χ0n) is 12.0. The molecule has 0 N–H and O–H groups in total. The molecule has 0 aliphatic heterocycles. The van der Waals surface area contributed by atoms with E-state index in [4.69, 9.17) is 8.83 Å². The lowest BCUT2D eigenvalue weighted by molar-refractivity contribution is 0.571. The van der Waals surface area contributed by atoms with Crippen LogP contribution in [0.4, 0.5) is 0 Å². The summed E-state index contributed by atoms with van der Waals surface area (Å²) in [5, 5.41) is 2.25. The molecule has 21 heavy (non-hydrogen) atoms. The Kier molecular flexibility index (Phi) is 2.61. The van der Waals surface area contributed by atoms with Gasteiger partial charge < -0.3 is 8.83 Å². The molecule has 2 heterocycles. The number of rotatable bonds is 2. The Hall–Kier alpha value is -2.55. The van der Waals surface area contributed by atoms with Crippen LogP contribution in [-0.2, 0) is 0 Å². The van der Waals surface area contributed by atoms with Gasteiger partial charge in [0.15, 0.2) is 0 Å². The average molecular weight is 277 g/mol. The molecule has 0 saturated heterocycles. The zero-order valence-corrected chi connectivity index (χ0v) is 12.0. The van der Waals surface area contributed by atoms with Crippen LogP contribution in [0.3, 0.4) is 0 Å². The van der Waals surface area contributed by atoms with Gasteiger partial charge in [-0.2, -0.15) is 0 Å². The van der Waals surface area contributed by atoms with Crippen LogP contribution in [0, 0.1) is 0 Å². The monoisotopic (exact) mass is 277 g/mol. The number of oxazole rings is 1. The van der Waals surface area contributed by atoms with Crippen molar-refractivity contribution in [2.24, 2.45) is 0 Å². The van der Waals surface area contributed by atoms with E-state index in [2.05, 4.69) is 31.0 Å². The topological polar surface area (TPSA) is 39.2 Å². The van der Waals surface area contributed by atoms with Crippen molar-refractivity contribution in [3.8, 4) is 11.5 Å².